The fraction of sp³-hybridized carbons (Fsp3) is 0.235. The maximum absolute atomic E-state index is 12.4. The molecule has 0 N–H and O–H groups in total. The highest BCUT2D eigenvalue weighted by Gasteiger charge is 2.31. The van der Waals surface area contributed by atoms with Gasteiger partial charge < -0.3 is 4.90 Å². The summed E-state index contributed by atoms with van der Waals surface area (Å²) in [4.78, 5) is 14.4. The summed E-state index contributed by atoms with van der Waals surface area (Å²) in [7, 11) is 0. The molecule has 0 radical (unpaired) electrons. The first-order valence-corrected chi connectivity index (χ1v) is 7.82. The van der Waals surface area contributed by atoms with Gasteiger partial charge in [-0.05, 0) is 46.9 Å². The van der Waals surface area contributed by atoms with Crippen LogP contribution in [0.25, 0.3) is 6.08 Å². The molecule has 0 saturated heterocycles. The van der Waals surface area contributed by atoms with Gasteiger partial charge in [0.25, 0.3) is 0 Å². The normalized spacial score (nSPS) is 14.6. The van der Waals surface area contributed by atoms with Gasteiger partial charge in [0.15, 0.2) is 0 Å². The molecule has 1 heterocycles. The first-order valence-electron chi connectivity index (χ1n) is 6.88. The maximum Gasteiger partial charge on any atom is 0.247 e. The Morgan fingerprint density at radius 2 is 2.05 bits per heavy atom. The van der Waals surface area contributed by atoms with Crippen LogP contribution in [-0.4, -0.2) is 16.8 Å². The molecular formula is C17H17NOS. The van der Waals surface area contributed by atoms with Crippen LogP contribution in [-0.2, 0) is 11.3 Å². The summed E-state index contributed by atoms with van der Waals surface area (Å²) in [5.41, 5.74) is 2.29. The molecular weight excluding hydrogens is 266 g/mol. The molecule has 1 aliphatic rings. The Kier molecular flexibility index (Phi) is 3.97. The Labute approximate surface area is 123 Å². The van der Waals surface area contributed by atoms with E-state index in [4.69, 9.17) is 0 Å². The molecule has 0 spiro atoms. The molecule has 20 heavy (non-hydrogen) atoms. The number of carbonyl (C=O) groups excluding carboxylic acids is 1. The second kappa shape index (κ2) is 6.06. The molecule has 102 valence electrons. The SMILES string of the molecule is O=C(/C=C/c1ccccc1)N(Cc1ccsc1)C1CC1. The van der Waals surface area contributed by atoms with Gasteiger partial charge in [0.2, 0.25) is 5.91 Å². The van der Waals surface area contributed by atoms with Gasteiger partial charge in [0.05, 0.1) is 0 Å². The maximum atomic E-state index is 12.4. The lowest BCUT2D eigenvalue weighted by molar-refractivity contribution is -0.127. The van der Waals surface area contributed by atoms with Crippen molar-refractivity contribution in [2.75, 3.05) is 0 Å². The van der Waals surface area contributed by atoms with Gasteiger partial charge in [-0.15, -0.1) is 0 Å². The Hall–Kier alpha value is -1.87. The molecule has 3 heteroatoms. The number of rotatable bonds is 5. The third kappa shape index (κ3) is 3.36. The zero-order valence-electron chi connectivity index (χ0n) is 11.2. The van der Waals surface area contributed by atoms with Crippen LogP contribution >= 0.6 is 11.3 Å². The molecule has 1 amide bonds. The predicted octanol–water partition coefficient (Wildman–Crippen LogP) is 3.95. The van der Waals surface area contributed by atoms with Crippen molar-refractivity contribution in [1.29, 1.82) is 0 Å². The second-order valence-corrected chi connectivity index (χ2v) is 5.85. The van der Waals surface area contributed by atoms with Crippen LogP contribution in [0.4, 0.5) is 0 Å². The van der Waals surface area contributed by atoms with Gasteiger partial charge in [-0.3, -0.25) is 4.79 Å². The Bertz CT molecular complexity index is 585. The third-order valence-electron chi connectivity index (χ3n) is 3.42. The molecule has 1 aromatic heterocycles. The molecule has 1 fully saturated rings. The summed E-state index contributed by atoms with van der Waals surface area (Å²) in [6.45, 7) is 0.728. The van der Waals surface area contributed by atoms with Gasteiger partial charge in [0.1, 0.15) is 0 Å². The highest BCUT2D eigenvalue weighted by molar-refractivity contribution is 7.07. The minimum atomic E-state index is 0.113. The lowest BCUT2D eigenvalue weighted by Gasteiger charge is -2.20. The fourth-order valence-electron chi connectivity index (χ4n) is 2.18. The average Bonchev–Trinajstić information content (AvgIpc) is 3.20. The van der Waals surface area contributed by atoms with Gasteiger partial charge in [-0.2, -0.15) is 11.3 Å². The number of hydrogen-bond donors (Lipinski definition) is 0. The molecule has 0 aliphatic heterocycles. The van der Waals surface area contributed by atoms with E-state index in [0.717, 1.165) is 24.9 Å². The number of benzene rings is 1. The Morgan fingerprint density at radius 1 is 1.25 bits per heavy atom. The Balaban J connectivity index is 1.68. The smallest absolute Gasteiger partial charge is 0.247 e. The number of amides is 1. The molecule has 1 saturated carbocycles. The number of carbonyl (C=O) groups is 1. The molecule has 0 bridgehead atoms. The fourth-order valence-corrected chi connectivity index (χ4v) is 2.84. The minimum absolute atomic E-state index is 0.113. The topological polar surface area (TPSA) is 20.3 Å². The van der Waals surface area contributed by atoms with E-state index >= 15 is 0 Å². The van der Waals surface area contributed by atoms with Crippen LogP contribution in [0.3, 0.4) is 0 Å². The summed E-state index contributed by atoms with van der Waals surface area (Å²) in [6.07, 6.45) is 5.86. The summed E-state index contributed by atoms with van der Waals surface area (Å²) in [5, 5.41) is 4.17. The van der Waals surface area contributed by atoms with Crippen LogP contribution < -0.4 is 0 Å². The molecule has 1 aromatic carbocycles. The first kappa shape index (κ1) is 13.1. The lowest BCUT2D eigenvalue weighted by atomic mass is 10.2. The van der Waals surface area contributed by atoms with E-state index in [-0.39, 0.29) is 5.91 Å². The van der Waals surface area contributed by atoms with Crippen LogP contribution in [0, 0.1) is 0 Å². The summed E-state index contributed by atoms with van der Waals surface area (Å²) < 4.78 is 0. The van der Waals surface area contributed by atoms with Crippen molar-refractivity contribution in [3.8, 4) is 0 Å². The number of nitrogens with zero attached hydrogens (tertiary/aromatic N) is 1. The predicted molar refractivity (Wildman–Crippen MR) is 83.4 cm³/mol. The van der Waals surface area contributed by atoms with E-state index in [0.29, 0.717) is 6.04 Å². The quantitative estimate of drug-likeness (QED) is 0.761. The number of thiophene rings is 1. The van der Waals surface area contributed by atoms with Gasteiger partial charge >= 0.3 is 0 Å². The molecule has 3 rings (SSSR count). The Morgan fingerprint density at radius 3 is 2.70 bits per heavy atom. The number of hydrogen-bond acceptors (Lipinski definition) is 2. The summed E-state index contributed by atoms with van der Waals surface area (Å²) in [6, 6.07) is 12.5. The van der Waals surface area contributed by atoms with Crippen LogP contribution in [0.1, 0.15) is 24.0 Å². The second-order valence-electron chi connectivity index (χ2n) is 5.07. The average molecular weight is 283 g/mol. The van der Waals surface area contributed by atoms with Crippen molar-refractivity contribution >= 4 is 23.3 Å². The summed E-state index contributed by atoms with van der Waals surface area (Å²) >= 11 is 1.68. The van der Waals surface area contributed by atoms with Crippen molar-refractivity contribution in [3.63, 3.8) is 0 Å². The molecule has 0 unspecified atom stereocenters. The van der Waals surface area contributed by atoms with E-state index in [1.807, 2.05) is 41.3 Å². The van der Waals surface area contributed by atoms with E-state index in [1.165, 1.54) is 5.56 Å². The summed E-state index contributed by atoms with van der Waals surface area (Å²) in [5.74, 6) is 0.113. The monoisotopic (exact) mass is 283 g/mol. The van der Waals surface area contributed by atoms with Crippen LogP contribution in [0.5, 0.6) is 0 Å². The molecule has 2 nitrogen and oxygen atoms in total. The minimum Gasteiger partial charge on any atom is -0.332 e. The zero-order chi connectivity index (χ0) is 13.8. The van der Waals surface area contributed by atoms with Crippen molar-refractivity contribution in [2.24, 2.45) is 0 Å². The standard InChI is InChI=1S/C17H17NOS/c19-17(9-6-14-4-2-1-3-5-14)18(16-7-8-16)12-15-10-11-20-13-15/h1-6,9-11,13,16H,7-8,12H2/b9-6+. The lowest BCUT2D eigenvalue weighted by Crippen LogP contribution is -2.30. The van der Waals surface area contributed by atoms with Crippen molar-refractivity contribution in [2.45, 2.75) is 25.4 Å². The van der Waals surface area contributed by atoms with Gasteiger partial charge in [-0.25, -0.2) is 0 Å². The van der Waals surface area contributed by atoms with Crippen LogP contribution in [0.15, 0.2) is 53.2 Å². The zero-order valence-corrected chi connectivity index (χ0v) is 12.1. The van der Waals surface area contributed by atoms with E-state index < -0.39 is 0 Å². The molecule has 0 atom stereocenters. The van der Waals surface area contributed by atoms with Crippen LogP contribution in [0.2, 0.25) is 0 Å². The largest absolute Gasteiger partial charge is 0.332 e. The van der Waals surface area contributed by atoms with E-state index in [1.54, 1.807) is 17.4 Å². The molecule has 2 aromatic rings. The molecule has 1 aliphatic carbocycles. The third-order valence-corrected chi connectivity index (χ3v) is 4.15. The first-order chi connectivity index (χ1) is 9.83. The highest BCUT2D eigenvalue weighted by Crippen LogP contribution is 2.29. The highest BCUT2D eigenvalue weighted by atomic mass is 32.1. The van der Waals surface area contributed by atoms with Gasteiger partial charge in [-0.1, -0.05) is 30.3 Å². The van der Waals surface area contributed by atoms with E-state index in [9.17, 15) is 4.79 Å². The van der Waals surface area contributed by atoms with Crippen molar-refractivity contribution in [1.82, 2.24) is 4.90 Å². The van der Waals surface area contributed by atoms with Crippen molar-refractivity contribution in [3.05, 3.63) is 64.4 Å². The van der Waals surface area contributed by atoms with E-state index in [2.05, 4.69) is 16.8 Å². The van der Waals surface area contributed by atoms with Gasteiger partial charge in [0, 0.05) is 18.7 Å². The van der Waals surface area contributed by atoms with Crippen molar-refractivity contribution < 1.29 is 4.79 Å².